The lowest BCUT2D eigenvalue weighted by Crippen LogP contribution is -2.48. The third-order valence-electron chi connectivity index (χ3n) is 6.29. The van der Waals surface area contributed by atoms with Gasteiger partial charge in [0.25, 0.3) is 0 Å². The largest absolute Gasteiger partial charge is 0.379 e. The highest BCUT2D eigenvalue weighted by Crippen LogP contribution is 2.20. The molecule has 0 aliphatic carbocycles. The Balaban J connectivity index is 0.00000341. The van der Waals surface area contributed by atoms with Gasteiger partial charge in [0, 0.05) is 43.6 Å². The summed E-state index contributed by atoms with van der Waals surface area (Å²) in [7, 11) is 0. The Labute approximate surface area is 210 Å². The molecule has 3 rings (SSSR count). The van der Waals surface area contributed by atoms with Crippen LogP contribution in [0.4, 0.5) is 0 Å². The van der Waals surface area contributed by atoms with E-state index in [0.717, 1.165) is 64.4 Å². The number of halogens is 1. The minimum Gasteiger partial charge on any atom is -0.379 e. The minimum atomic E-state index is 0. The van der Waals surface area contributed by atoms with Gasteiger partial charge in [-0.3, -0.25) is 14.8 Å². The van der Waals surface area contributed by atoms with Gasteiger partial charge in [-0.05, 0) is 56.1 Å². The number of hydrogen-bond donors (Lipinski definition) is 2. The summed E-state index contributed by atoms with van der Waals surface area (Å²) in [4.78, 5) is 11.6. The smallest absolute Gasteiger partial charge is 0.191 e. The van der Waals surface area contributed by atoms with E-state index in [1.807, 2.05) is 11.3 Å². The maximum atomic E-state index is 5.53. The second-order valence-corrected chi connectivity index (χ2v) is 9.89. The number of thiophene rings is 1. The van der Waals surface area contributed by atoms with E-state index in [1.165, 1.54) is 30.8 Å². The molecule has 31 heavy (non-hydrogen) atoms. The molecule has 8 heteroatoms. The summed E-state index contributed by atoms with van der Waals surface area (Å²) < 4.78 is 5.53. The van der Waals surface area contributed by atoms with E-state index in [0.29, 0.717) is 12.0 Å². The SMILES string of the molecule is CCNC(=NCC(C(C)C)N1CCOCC1)NCC1CCN(Cc2cccs2)CC1.I. The van der Waals surface area contributed by atoms with Crippen LogP contribution in [0.3, 0.4) is 0 Å². The standard InChI is InChI=1S/C23H41N5OS.HI/c1-4-24-23(26-17-22(19(2)3)28-11-13-29-14-12-28)25-16-20-7-9-27(10-8-20)18-21-6-5-15-30-21;/h5-6,15,19-20,22H,4,7-14,16-18H2,1-3H3,(H2,24,25,26);1H. The lowest BCUT2D eigenvalue weighted by atomic mass is 9.97. The number of hydrogen-bond acceptors (Lipinski definition) is 5. The summed E-state index contributed by atoms with van der Waals surface area (Å²) >= 11 is 1.87. The molecule has 0 spiro atoms. The fourth-order valence-corrected chi connectivity index (χ4v) is 5.14. The highest BCUT2D eigenvalue weighted by molar-refractivity contribution is 14.0. The van der Waals surface area contributed by atoms with Gasteiger partial charge in [0.1, 0.15) is 0 Å². The molecule has 2 aliphatic rings. The molecule has 2 fully saturated rings. The van der Waals surface area contributed by atoms with Gasteiger partial charge in [-0.2, -0.15) is 0 Å². The number of aliphatic imine (C=N–C) groups is 1. The van der Waals surface area contributed by atoms with Gasteiger partial charge in [-0.1, -0.05) is 19.9 Å². The molecule has 6 nitrogen and oxygen atoms in total. The van der Waals surface area contributed by atoms with Crippen LogP contribution in [-0.2, 0) is 11.3 Å². The zero-order valence-electron chi connectivity index (χ0n) is 19.5. The molecule has 1 unspecified atom stereocenters. The Bertz CT molecular complexity index is 613. The van der Waals surface area contributed by atoms with E-state index < -0.39 is 0 Å². The Morgan fingerprint density at radius 3 is 2.55 bits per heavy atom. The predicted molar refractivity (Wildman–Crippen MR) is 143 cm³/mol. The van der Waals surface area contributed by atoms with Crippen LogP contribution in [0.25, 0.3) is 0 Å². The summed E-state index contributed by atoms with van der Waals surface area (Å²) in [5.41, 5.74) is 0. The first-order valence-corrected chi connectivity index (χ1v) is 12.6. The summed E-state index contributed by atoms with van der Waals surface area (Å²) in [6, 6.07) is 4.88. The van der Waals surface area contributed by atoms with Crippen molar-refractivity contribution in [3.8, 4) is 0 Å². The molecule has 0 radical (unpaired) electrons. The van der Waals surface area contributed by atoms with Crippen LogP contribution >= 0.6 is 35.3 Å². The van der Waals surface area contributed by atoms with Crippen molar-refractivity contribution >= 4 is 41.3 Å². The van der Waals surface area contributed by atoms with Crippen LogP contribution in [0.15, 0.2) is 22.5 Å². The van der Waals surface area contributed by atoms with Crippen LogP contribution in [0.2, 0.25) is 0 Å². The molecule has 2 saturated heterocycles. The molecule has 0 bridgehead atoms. The quantitative estimate of drug-likeness (QED) is 0.274. The third kappa shape index (κ3) is 9.15. The van der Waals surface area contributed by atoms with E-state index in [1.54, 1.807) is 0 Å². The predicted octanol–water partition coefficient (Wildman–Crippen LogP) is 3.49. The van der Waals surface area contributed by atoms with Gasteiger partial charge < -0.3 is 15.4 Å². The Hall–Kier alpha value is -0.420. The van der Waals surface area contributed by atoms with Gasteiger partial charge in [0.15, 0.2) is 5.96 Å². The van der Waals surface area contributed by atoms with Crippen molar-refractivity contribution in [3.05, 3.63) is 22.4 Å². The van der Waals surface area contributed by atoms with Crippen molar-refractivity contribution in [1.82, 2.24) is 20.4 Å². The first-order valence-electron chi connectivity index (χ1n) is 11.7. The van der Waals surface area contributed by atoms with Gasteiger partial charge in [-0.25, -0.2) is 0 Å². The first kappa shape index (κ1) is 26.8. The summed E-state index contributed by atoms with van der Waals surface area (Å²) in [5.74, 6) is 2.29. The molecule has 2 aliphatic heterocycles. The molecule has 178 valence electrons. The Kier molecular flexibility index (Phi) is 12.7. The summed E-state index contributed by atoms with van der Waals surface area (Å²) in [6.45, 7) is 16.7. The van der Waals surface area contributed by atoms with Crippen LogP contribution in [-0.4, -0.2) is 80.8 Å². The number of ether oxygens (including phenoxy) is 1. The number of piperidine rings is 1. The van der Waals surface area contributed by atoms with Crippen LogP contribution in [0, 0.1) is 11.8 Å². The molecule has 0 aromatic carbocycles. The molecular formula is C23H42IN5OS. The number of rotatable bonds is 9. The molecule has 3 heterocycles. The lowest BCUT2D eigenvalue weighted by molar-refractivity contribution is 0.00867. The third-order valence-corrected chi connectivity index (χ3v) is 7.15. The van der Waals surface area contributed by atoms with Crippen LogP contribution in [0.1, 0.15) is 38.5 Å². The summed E-state index contributed by atoms with van der Waals surface area (Å²) in [6.07, 6.45) is 2.53. The van der Waals surface area contributed by atoms with Crippen molar-refractivity contribution in [2.45, 2.75) is 46.2 Å². The van der Waals surface area contributed by atoms with Gasteiger partial charge in [0.05, 0.1) is 19.8 Å². The average molecular weight is 564 g/mol. The van der Waals surface area contributed by atoms with Gasteiger partial charge >= 0.3 is 0 Å². The number of morpholine rings is 1. The highest BCUT2D eigenvalue weighted by Gasteiger charge is 2.24. The minimum absolute atomic E-state index is 0. The fourth-order valence-electron chi connectivity index (χ4n) is 4.40. The Morgan fingerprint density at radius 1 is 1.19 bits per heavy atom. The van der Waals surface area contributed by atoms with Crippen LogP contribution in [0.5, 0.6) is 0 Å². The second-order valence-electron chi connectivity index (χ2n) is 8.86. The molecule has 0 amide bonds. The number of likely N-dealkylation sites (tertiary alicyclic amines) is 1. The normalized spacial score (nSPS) is 20.5. The van der Waals surface area contributed by atoms with Crippen molar-refractivity contribution < 1.29 is 4.74 Å². The fraction of sp³-hybridized carbons (Fsp3) is 0.783. The topological polar surface area (TPSA) is 52.1 Å². The zero-order chi connectivity index (χ0) is 21.2. The molecule has 2 N–H and O–H groups in total. The molecular weight excluding hydrogens is 521 g/mol. The van der Waals surface area contributed by atoms with Crippen LogP contribution < -0.4 is 10.6 Å². The Morgan fingerprint density at radius 2 is 1.94 bits per heavy atom. The van der Waals surface area contributed by atoms with Crippen molar-refractivity contribution in [2.75, 3.05) is 59.0 Å². The number of nitrogens with one attached hydrogen (secondary N) is 2. The average Bonchev–Trinajstić information content (AvgIpc) is 3.27. The first-order chi connectivity index (χ1) is 14.7. The molecule has 0 saturated carbocycles. The van der Waals surface area contributed by atoms with Crippen molar-refractivity contribution in [3.63, 3.8) is 0 Å². The maximum absolute atomic E-state index is 5.53. The second kappa shape index (κ2) is 14.7. The van der Waals surface area contributed by atoms with Crippen molar-refractivity contribution in [1.29, 1.82) is 0 Å². The lowest BCUT2D eigenvalue weighted by Gasteiger charge is -2.36. The van der Waals surface area contributed by atoms with E-state index >= 15 is 0 Å². The monoisotopic (exact) mass is 563 g/mol. The van der Waals surface area contributed by atoms with E-state index in [4.69, 9.17) is 9.73 Å². The van der Waals surface area contributed by atoms with Gasteiger partial charge in [0.2, 0.25) is 0 Å². The van der Waals surface area contributed by atoms with Crippen molar-refractivity contribution in [2.24, 2.45) is 16.8 Å². The zero-order valence-corrected chi connectivity index (χ0v) is 22.7. The molecule has 1 aromatic rings. The van der Waals surface area contributed by atoms with E-state index in [9.17, 15) is 0 Å². The van der Waals surface area contributed by atoms with E-state index in [-0.39, 0.29) is 24.0 Å². The number of nitrogens with zero attached hydrogens (tertiary/aromatic N) is 3. The maximum Gasteiger partial charge on any atom is 0.191 e. The molecule has 1 aromatic heterocycles. The highest BCUT2D eigenvalue weighted by atomic mass is 127. The van der Waals surface area contributed by atoms with E-state index in [2.05, 4.69) is 58.7 Å². The summed E-state index contributed by atoms with van der Waals surface area (Å²) in [5, 5.41) is 9.25. The molecule has 1 atom stereocenters. The number of guanidine groups is 1. The van der Waals surface area contributed by atoms with Gasteiger partial charge in [-0.15, -0.1) is 35.3 Å².